The van der Waals surface area contributed by atoms with Crippen LogP contribution >= 0.6 is 0 Å². The third-order valence-corrected chi connectivity index (χ3v) is 5.13. The molecule has 2 amide bonds. The number of benzene rings is 1. The van der Waals surface area contributed by atoms with Crippen molar-refractivity contribution in [1.82, 2.24) is 15.4 Å². The molecule has 2 heterocycles. The third kappa shape index (κ3) is 10.0. The summed E-state index contributed by atoms with van der Waals surface area (Å²) in [6.07, 6.45) is 3.80. The number of hydrogen-bond donors (Lipinski definition) is 1. The molecular weight excluding hydrogens is 418 g/mol. The van der Waals surface area contributed by atoms with E-state index < -0.39 is 0 Å². The van der Waals surface area contributed by atoms with Crippen LogP contribution in [0, 0.1) is 12.8 Å². The summed E-state index contributed by atoms with van der Waals surface area (Å²) in [5.41, 5.74) is 2.56. The summed E-state index contributed by atoms with van der Waals surface area (Å²) in [5.74, 6) is 1.36. The molecule has 7 heteroatoms. The van der Waals surface area contributed by atoms with Gasteiger partial charge in [-0.1, -0.05) is 57.1 Å². The van der Waals surface area contributed by atoms with Crippen molar-refractivity contribution in [1.29, 1.82) is 0 Å². The number of ketones is 1. The van der Waals surface area contributed by atoms with Crippen LogP contribution in [-0.2, 0) is 22.6 Å². The van der Waals surface area contributed by atoms with Crippen LogP contribution in [0.1, 0.15) is 81.3 Å². The van der Waals surface area contributed by atoms with Gasteiger partial charge in [0.15, 0.2) is 5.78 Å². The molecule has 1 aliphatic heterocycles. The minimum absolute atomic E-state index is 0.149. The maximum Gasteiger partial charge on any atom is 0.230 e. The van der Waals surface area contributed by atoms with Gasteiger partial charge in [-0.25, -0.2) is 0 Å². The number of amides is 2. The molecule has 2 aromatic rings. The summed E-state index contributed by atoms with van der Waals surface area (Å²) in [7, 11) is 0. The normalized spacial score (nSPS) is 14.6. The molecule has 1 saturated heterocycles. The Bertz CT molecular complexity index is 859. The molecule has 0 aliphatic carbocycles. The predicted octanol–water partition coefficient (Wildman–Crippen LogP) is 4.72. The number of aryl methyl sites for hydroxylation is 1. The molecule has 3 rings (SSSR count). The lowest BCUT2D eigenvalue weighted by atomic mass is 10.0. The third-order valence-electron chi connectivity index (χ3n) is 5.13. The van der Waals surface area contributed by atoms with E-state index >= 15 is 0 Å². The lowest BCUT2D eigenvalue weighted by Gasteiger charge is -2.20. The van der Waals surface area contributed by atoms with E-state index in [0.29, 0.717) is 43.5 Å². The van der Waals surface area contributed by atoms with Crippen LogP contribution in [0.2, 0.25) is 0 Å². The second-order valence-electron chi connectivity index (χ2n) is 8.41. The average molecular weight is 458 g/mol. The van der Waals surface area contributed by atoms with Crippen molar-refractivity contribution < 1.29 is 18.9 Å². The molecule has 1 unspecified atom stereocenters. The van der Waals surface area contributed by atoms with E-state index in [0.717, 1.165) is 36.2 Å². The Morgan fingerprint density at radius 1 is 1.24 bits per heavy atom. The zero-order chi connectivity index (χ0) is 24.8. The highest BCUT2D eigenvalue weighted by Gasteiger charge is 2.25. The molecule has 182 valence electrons. The Kier molecular flexibility index (Phi) is 12.7. The number of nitrogens with zero attached hydrogens (tertiary/aromatic N) is 2. The van der Waals surface area contributed by atoms with Crippen molar-refractivity contribution in [3.63, 3.8) is 0 Å². The molecule has 0 bridgehead atoms. The predicted molar refractivity (Wildman–Crippen MR) is 130 cm³/mol. The van der Waals surface area contributed by atoms with E-state index in [9.17, 15) is 14.4 Å². The highest BCUT2D eigenvalue weighted by molar-refractivity contribution is 5.96. The van der Waals surface area contributed by atoms with Crippen LogP contribution in [0.15, 0.2) is 34.9 Å². The van der Waals surface area contributed by atoms with Crippen molar-refractivity contribution in [2.24, 2.45) is 5.92 Å². The van der Waals surface area contributed by atoms with Gasteiger partial charge in [0.2, 0.25) is 12.3 Å². The summed E-state index contributed by atoms with van der Waals surface area (Å²) < 4.78 is 5.03. The van der Waals surface area contributed by atoms with Crippen LogP contribution < -0.4 is 5.32 Å². The molecule has 0 saturated carbocycles. The maximum absolute atomic E-state index is 11.9. The van der Waals surface area contributed by atoms with E-state index in [-0.39, 0.29) is 11.7 Å². The molecule has 1 aromatic carbocycles. The molecule has 1 atom stereocenters. The Labute approximate surface area is 197 Å². The average Bonchev–Trinajstić information content (AvgIpc) is 3.41. The van der Waals surface area contributed by atoms with Gasteiger partial charge in [0.05, 0.1) is 12.1 Å². The van der Waals surface area contributed by atoms with E-state index in [4.69, 9.17) is 4.52 Å². The smallest absolute Gasteiger partial charge is 0.230 e. The van der Waals surface area contributed by atoms with Crippen LogP contribution in [0.4, 0.5) is 0 Å². The lowest BCUT2D eigenvalue weighted by Crippen LogP contribution is -2.34. The molecule has 0 radical (unpaired) electrons. The Morgan fingerprint density at radius 2 is 1.91 bits per heavy atom. The Hall–Kier alpha value is -2.96. The van der Waals surface area contributed by atoms with E-state index in [1.54, 1.807) is 0 Å². The summed E-state index contributed by atoms with van der Waals surface area (Å²) in [6, 6.07) is 9.55. The fourth-order valence-corrected chi connectivity index (χ4v) is 3.51. The molecule has 1 N–H and O–H groups in total. The second-order valence-corrected chi connectivity index (χ2v) is 8.41. The van der Waals surface area contributed by atoms with Gasteiger partial charge in [0, 0.05) is 37.2 Å². The Balaban J connectivity index is 0.000000307. The van der Waals surface area contributed by atoms with Gasteiger partial charge in [-0.15, -0.1) is 0 Å². The minimum Gasteiger partial charge on any atom is -0.361 e. The van der Waals surface area contributed by atoms with Crippen molar-refractivity contribution in [3.8, 4) is 0 Å². The van der Waals surface area contributed by atoms with E-state index in [2.05, 4.69) is 17.4 Å². The van der Waals surface area contributed by atoms with Crippen molar-refractivity contribution in [2.75, 3.05) is 6.54 Å². The topological polar surface area (TPSA) is 92.5 Å². The highest BCUT2D eigenvalue weighted by atomic mass is 16.5. The number of carbonyl (C=O) groups is 3. The summed E-state index contributed by atoms with van der Waals surface area (Å²) in [5, 5.41) is 6.35. The Morgan fingerprint density at radius 3 is 2.39 bits per heavy atom. The second kappa shape index (κ2) is 15.0. The van der Waals surface area contributed by atoms with Gasteiger partial charge in [-0.2, -0.15) is 0 Å². The van der Waals surface area contributed by atoms with Crippen molar-refractivity contribution >= 4 is 18.1 Å². The van der Waals surface area contributed by atoms with Gasteiger partial charge in [-0.3, -0.25) is 14.4 Å². The SMILES string of the molecule is CC.CC(C)CC(=O)c1ccc(CNC=O)cc1.Cc1cc(CC(=O)N2CCCC2C)on1. The quantitative estimate of drug-likeness (QED) is 0.457. The molecule has 1 aliphatic rings. The van der Waals surface area contributed by atoms with Crippen LogP contribution in [0.3, 0.4) is 0 Å². The van der Waals surface area contributed by atoms with Gasteiger partial charge in [-0.05, 0) is 38.2 Å². The number of hydrogen-bond acceptors (Lipinski definition) is 5. The van der Waals surface area contributed by atoms with Gasteiger partial charge in [0.1, 0.15) is 5.76 Å². The largest absolute Gasteiger partial charge is 0.361 e. The summed E-state index contributed by atoms with van der Waals surface area (Å²) in [6.45, 7) is 13.4. The van der Waals surface area contributed by atoms with Crippen LogP contribution in [0.25, 0.3) is 0 Å². The van der Waals surface area contributed by atoms with Crippen LogP contribution in [-0.4, -0.2) is 40.7 Å². The summed E-state index contributed by atoms with van der Waals surface area (Å²) >= 11 is 0. The first-order valence-electron chi connectivity index (χ1n) is 11.8. The standard InChI is InChI=1S/C13H17NO2.C11H16N2O2.C2H6/c1-10(2)7-13(16)12-5-3-11(4-6-12)8-14-9-15;1-8-6-10(15-12-8)7-11(14)13-5-3-4-9(13)2;1-2/h3-6,9-10H,7-8H2,1-2H3,(H,14,15);6,9H,3-5,7H2,1-2H3;1-2H3. The molecule has 1 aromatic heterocycles. The first-order chi connectivity index (χ1) is 15.8. The molecule has 0 spiro atoms. The maximum atomic E-state index is 11.9. The molecule has 33 heavy (non-hydrogen) atoms. The number of rotatable bonds is 8. The number of likely N-dealkylation sites (tertiary alicyclic amines) is 1. The fourth-order valence-electron chi connectivity index (χ4n) is 3.51. The van der Waals surface area contributed by atoms with Gasteiger partial charge >= 0.3 is 0 Å². The zero-order valence-electron chi connectivity index (χ0n) is 20.9. The molecule has 7 nitrogen and oxygen atoms in total. The minimum atomic E-state index is 0.149. The lowest BCUT2D eigenvalue weighted by molar-refractivity contribution is -0.131. The molecule has 1 fully saturated rings. The van der Waals surface area contributed by atoms with Crippen LogP contribution in [0.5, 0.6) is 0 Å². The number of nitrogens with one attached hydrogen (secondary N) is 1. The monoisotopic (exact) mass is 457 g/mol. The van der Waals surface area contributed by atoms with Gasteiger partial charge < -0.3 is 14.7 Å². The number of aromatic nitrogens is 1. The van der Waals surface area contributed by atoms with Crippen molar-refractivity contribution in [2.45, 2.75) is 79.8 Å². The van der Waals surface area contributed by atoms with Gasteiger partial charge in [0.25, 0.3) is 0 Å². The van der Waals surface area contributed by atoms with Crippen molar-refractivity contribution in [3.05, 3.63) is 52.9 Å². The number of carbonyl (C=O) groups excluding carboxylic acids is 3. The highest BCUT2D eigenvalue weighted by Crippen LogP contribution is 2.18. The first-order valence-corrected chi connectivity index (χ1v) is 11.8. The zero-order valence-corrected chi connectivity index (χ0v) is 20.9. The van der Waals surface area contributed by atoms with E-state index in [1.165, 1.54) is 0 Å². The van der Waals surface area contributed by atoms with E-state index in [1.807, 2.05) is 69.9 Å². The summed E-state index contributed by atoms with van der Waals surface area (Å²) in [4.78, 5) is 35.6. The first kappa shape index (κ1) is 28.1. The number of Topliss-reactive ketones (excluding diaryl/α,β-unsaturated/α-hetero) is 1. The molecular formula is C26H39N3O4. The fraction of sp³-hybridized carbons (Fsp3) is 0.538.